The zero-order valence-corrected chi connectivity index (χ0v) is 25.9. The van der Waals surface area contributed by atoms with E-state index in [1.165, 1.54) is 6.08 Å². The maximum Gasteiger partial charge on any atom is 0.250 e. The molecule has 2 aliphatic heterocycles. The van der Waals surface area contributed by atoms with E-state index in [1.54, 1.807) is 18.2 Å². The Balaban J connectivity index is 1.30. The lowest BCUT2D eigenvalue weighted by Gasteiger charge is -2.51. The second-order valence-corrected chi connectivity index (χ2v) is 12.2. The summed E-state index contributed by atoms with van der Waals surface area (Å²) in [6.45, 7) is 3.31. The van der Waals surface area contributed by atoms with Crippen LogP contribution in [-0.2, 0) is 10.1 Å². The van der Waals surface area contributed by atoms with E-state index in [0.29, 0.717) is 29.9 Å². The Labute approximate surface area is 270 Å². The molecule has 3 heterocycles. The molecule has 2 fully saturated rings. The maximum atomic E-state index is 12.2. The number of carbonyl (C=O) groups is 2. The molecule has 0 spiro atoms. The van der Waals surface area contributed by atoms with E-state index in [1.807, 2.05) is 42.4 Å². The quantitative estimate of drug-likeness (QED) is 0.0673. The normalized spacial score (nSPS) is 19.3. The molecule has 1 saturated carbocycles. The summed E-state index contributed by atoms with van der Waals surface area (Å²) in [5.74, 6) is -0.318. The molecule has 4 radical (unpaired) electrons. The predicted molar refractivity (Wildman–Crippen MR) is 181 cm³/mol. The van der Waals surface area contributed by atoms with E-state index in [9.17, 15) is 14.7 Å². The van der Waals surface area contributed by atoms with Crippen molar-refractivity contribution in [3.8, 4) is 11.1 Å². The molecule has 1 atom stereocenters. The van der Waals surface area contributed by atoms with Crippen LogP contribution in [0.5, 0.6) is 0 Å². The highest BCUT2D eigenvalue weighted by Gasteiger charge is 2.42. The first-order valence-electron chi connectivity index (χ1n) is 15.4. The molecule has 3 aromatic rings. The van der Waals surface area contributed by atoms with E-state index in [2.05, 4.69) is 26.8 Å². The molecular formula is C33H36B2N8O3. The molecule has 1 saturated heterocycles. The van der Waals surface area contributed by atoms with Crippen molar-refractivity contribution < 1.29 is 14.7 Å². The van der Waals surface area contributed by atoms with Crippen LogP contribution in [0.15, 0.2) is 77.4 Å². The highest BCUT2D eigenvalue weighted by molar-refractivity contribution is 6.39. The zero-order valence-electron chi connectivity index (χ0n) is 25.9. The molecule has 13 heteroatoms. The summed E-state index contributed by atoms with van der Waals surface area (Å²) < 4.78 is 2.09. The molecule has 232 valence electrons. The van der Waals surface area contributed by atoms with Gasteiger partial charge >= 0.3 is 0 Å². The number of nitrogens with two attached hydrogens (primary N) is 2. The van der Waals surface area contributed by atoms with Gasteiger partial charge in [-0.3, -0.25) is 14.3 Å². The molecule has 6 rings (SSSR count). The smallest absolute Gasteiger partial charge is 0.250 e. The Morgan fingerprint density at radius 1 is 1.17 bits per heavy atom. The number of hydrogen-bond acceptors (Lipinski definition) is 8. The second kappa shape index (κ2) is 12.2. The van der Waals surface area contributed by atoms with Crippen LogP contribution in [0.1, 0.15) is 59.9 Å². The minimum atomic E-state index is -1.23. The molecule has 6 N–H and O–H groups in total. The molecule has 1 aliphatic carbocycles. The van der Waals surface area contributed by atoms with Gasteiger partial charge in [0.15, 0.2) is 0 Å². The first kappa shape index (κ1) is 31.2. The minimum Gasteiger partial charge on any atom is -0.513 e. The van der Waals surface area contributed by atoms with Crippen molar-refractivity contribution in [3.05, 3.63) is 89.2 Å². The van der Waals surface area contributed by atoms with Crippen LogP contribution in [0, 0.1) is 5.92 Å². The summed E-state index contributed by atoms with van der Waals surface area (Å²) in [5.41, 5.74) is 18.5. The number of para-hydroxylation sites is 1. The number of anilines is 2. The fraction of sp³-hybridized carbons (Fsp3) is 0.333. The van der Waals surface area contributed by atoms with Crippen molar-refractivity contribution in [1.29, 1.82) is 0 Å². The van der Waals surface area contributed by atoms with Gasteiger partial charge in [0, 0.05) is 48.8 Å². The highest BCUT2D eigenvalue weighted by atomic mass is 16.2. The average molecular weight is 614 g/mol. The van der Waals surface area contributed by atoms with E-state index >= 15 is 0 Å². The van der Waals surface area contributed by atoms with Gasteiger partial charge in [-0.1, -0.05) is 37.3 Å². The predicted octanol–water partition coefficient (Wildman–Crippen LogP) is 3.22. The van der Waals surface area contributed by atoms with Crippen LogP contribution >= 0.6 is 0 Å². The number of likely N-dealkylation sites (tertiary alicyclic amines) is 1. The van der Waals surface area contributed by atoms with Crippen LogP contribution in [0.4, 0.5) is 11.4 Å². The third-order valence-electron chi connectivity index (χ3n) is 9.08. The lowest BCUT2D eigenvalue weighted by atomic mass is 9.55. The SMILES string of the molecule is [B]C([B])(c1cccc(C=O)c1)N1CC(n2ncc3c2C(CC)N(C)c2c(NC(=C/C(N)=NC(=O)C4CC4)/C(N)=C\O)cccc2-3)C1. The summed E-state index contributed by atoms with van der Waals surface area (Å²) in [7, 11) is 15.2. The monoisotopic (exact) mass is 614 g/mol. The van der Waals surface area contributed by atoms with Crippen molar-refractivity contribution in [2.45, 2.75) is 43.6 Å². The highest BCUT2D eigenvalue weighted by Crippen LogP contribution is 2.50. The number of hydrogen-bond donors (Lipinski definition) is 4. The van der Waals surface area contributed by atoms with Crippen molar-refractivity contribution in [1.82, 2.24) is 14.7 Å². The standard InChI is InChI=1S/C33H36B2N8O3/c1-3-28-31-24(14-38-43(31)22-15-42(16-22)33(34,35)21-7-4-6-19(12-21)17-44)23-8-5-9-26(30(23)41(28)2)39-27(25(36)18-45)13-29(37)40-32(46)20-10-11-20/h4-9,12-14,17-18,20,22,28,39,45H,3,10-11,15-16,36H2,1-2H3,(H2,37,40,46)/b25-18+,27-13+. The molecular weight excluding hydrogens is 578 g/mol. The van der Waals surface area contributed by atoms with Crippen molar-refractivity contribution >= 4 is 45.1 Å². The van der Waals surface area contributed by atoms with Gasteiger partial charge in [-0.25, -0.2) is 0 Å². The summed E-state index contributed by atoms with van der Waals surface area (Å²) in [6.07, 6.45) is 7.36. The van der Waals surface area contributed by atoms with Crippen LogP contribution in [-0.4, -0.2) is 73.6 Å². The van der Waals surface area contributed by atoms with Gasteiger partial charge in [-0.15, -0.1) is 0 Å². The zero-order chi connectivity index (χ0) is 32.7. The van der Waals surface area contributed by atoms with E-state index in [0.717, 1.165) is 60.0 Å². The van der Waals surface area contributed by atoms with E-state index in [-0.39, 0.29) is 35.4 Å². The Bertz CT molecular complexity index is 1770. The first-order valence-corrected chi connectivity index (χ1v) is 15.4. The summed E-state index contributed by atoms with van der Waals surface area (Å²) in [4.78, 5) is 31.7. The molecule has 0 bridgehead atoms. The number of rotatable bonds is 10. The summed E-state index contributed by atoms with van der Waals surface area (Å²) in [6, 6.07) is 13.0. The topological polar surface area (TPSA) is 155 Å². The first-order chi connectivity index (χ1) is 22.1. The molecule has 2 aromatic carbocycles. The third-order valence-corrected chi connectivity index (χ3v) is 9.08. The number of nitrogens with zero attached hydrogens (tertiary/aromatic N) is 5. The molecule has 11 nitrogen and oxygen atoms in total. The number of benzene rings is 2. The van der Waals surface area contributed by atoms with Gasteiger partial charge in [0.2, 0.25) is 0 Å². The maximum absolute atomic E-state index is 12.2. The lowest BCUT2D eigenvalue weighted by Crippen LogP contribution is -2.59. The van der Waals surface area contributed by atoms with Crippen LogP contribution < -0.4 is 21.7 Å². The molecule has 46 heavy (non-hydrogen) atoms. The number of nitrogens with one attached hydrogen (secondary N) is 1. The van der Waals surface area contributed by atoms with Gasteiger partial charge in [0.05, 0.1) is 62.4 Å². The number of amides is 1. The number of carbonyl (C=O) groups excluding carboxylic acids is 2. The van der Waals surface area contributed by atoms with Crippen LogP contribution in [0.25, 0.3) is 11.1 Å². The number of aromatic nitrogens is 2. The number of amidine groups is 1. The second-order valence-electron chi connectivity index (χ2n) is 12.2. The Morgan fingerprint density at radius 3 is 2.59 bits per heavy atom. The number of aldehydes is 1. The van der Waals surface area contributed by atoms with Gasteiger partial charge in [0.25, 0.3) is 5.91 Å². The van der Waals surface area contributed by atoms with Crippen molar-refractivity contribution in [3.63, 3.8) is 0 Å². The fourth-order valence-electron chi connectivity index (χ4n) is 6.34. The van der Waals surface area contributed by atoms with Gasteiger partial charge in [-0.05, 0) is 42.3 Å². The van der Waals surface area contributed by atoms with Crippen molar-refractivity contribution in [2.75, 3.05) is 30.4 Å². The molecule has 1 unspecified atom stereocenters. The average Bonchev–Trinajstić information content (AvgIpc) is 3.80. The minimum absolute atomic E-state index is 0.00214. The van der Waals surface area contributed by atoms with E-state index in [4.69, 9.17) is 32.3 Å². The Kier molecular flexibility index (Phi) is 8.28. The summed E-state index contributed by atoms with van der Waals surface area (Å²) in [5, 5.41) is 16.7. The molecule has 1 aromatic heterocycles. The van der Waals surface area contributed by atoms with Gasteiger partial charge in [0.1, 0.15) is 18.4 Å². The fourth-order valence-corrected chi connectivity index (χ4v) is 6.34. The van der Waals surface area contributed by atoms with Gasteiger partial charge in [-0.2, -0.15) is 10.1 Å². The summed E-state index contributed by atoms with van der Waals surface area (Å²) >= 11 is 0. The Morgan fingerprint density at radius 2 is 1.91 bits per heavy atom. The number of fused-ring (bicyclic) bond motifs is 3. The number of aliphatic imine (C=N–C) groups is 1. The number of aliphatic hydroxyl groups excluding tert-OH is 1. The molecule has 3 aliphatic rings. The lowest BCUT2D eigenvalue weighted by molar-refractivity contribution is -0.118. The number of aliphatic hydroxyl groups is 1. The Hall–Kier alpha value is -4.77. The van der Waals surface area contributed by atoms with Gasteiger partial charge < -0.3 is 31.7 Å². The van der Waals surface area contributed by atoms with E-state index < -0.39 is 5.34 Å². The largest absolute Gasteiger partial charge is 0.513 e. The van der Waals surface area contributed by atoms with Crippen LogP contribution in [0.3, 0.4) is 0 Å². The van der Waals surface area contributed by atoms with Crippen molar-refractivity contribution in [2.24, 2.45) is 22.4 Å². The molecule has 1 amide bonds. The van der Waals surface area contributed by atoms with Crippen LogP contribution in [0.2, 0.25) is 0 Å². The third kappa shape index (κ3) is 5.60.